The van der Waals surface area contributed by atoms with E-state index in [1.807, 2.05) is 0 Å². The molecule has 0 radical (unpaired) electrons. The van der Waals surface area contributed by atoms with Gasteiger partial charge in [-0.3, -0.25) is 9.59 Å². The maximum Gasteiger partial charge on any atom is 0.325 e. The Morgan fingerprint density at radius 1 is 1.33 bits per heavy atom. The first-order valence-electron chi connectivity index (χ1n) is 4.29. The van der Waals surface area contributed by atoms with Gasteiger partial charge in [-0.25, -0.2) is 0 Å². The average molecular weight is 209 g/mol. The molecule has 5 heteroatoms. The van der Waals surface area contributed by atoms with Crippen LogP contribution in [0.5, 0.6) is 0 Å². The van der Waals surface area contributed by atoms with E-state index in [9.17, 15) is 9.59 Å². The smallest absolute Gasteiger partial charge is 0.325 e. The Bertz CT molecular complexity index is 389. The standard InChI is InChI=1S/C10H11NO4/c11-9(10(14)15)7-3-1-2-6(4-7)5-8(12)13/h1-4,9H,5,11H2,(H,12,13)(H,14,15)/t9-/m0/s1. The normalized spacial score (nSPS) is 12.1. The fourth-order valence-corrected chi connectivity index (χ4v) is 1.21. The second-order valence-electron chi connectivity index (χ2n) is 3.13. The Kier molecular flexibility index (Phi) is 3.41. The molecule has 0 unspecified atom stereocenters. The van der Waals surface area contributed by atoms with E-state index in [1.54, 1.807) is 18.2 Å². The van der Waals surface area contributed by atoms with Gasteiger partial charge >= 0.3 is 11.9 Å². The van der Waals surface area contributed by atoms with Gasteiger partial charge in [0, 0.05) is 0 Å². The summed E-state index contributed by atoms with van der Waals surface area (Å²) >= 11 is 0. The van der Waals surface area contributed by atoms with Crippen LogP contribution in [0.4, 0.5) is 0 Å². The molecule has 1 aromatic rings. The van der Waals surface area contributed by atoms with Crippen LogP contribution in [-0.2, 0) is 16.0 Å². The molecule has 0 aromatic heterocycles. The lowest BCUT2D eigenvalue weighted by Crippen LogP contribution is -2.20. The summed E-state index contributed by atoms with van der Waals surface area (Å²) in [5, 5.41) is 17.2. The fourth-order valence-electron chi connectivity index (χ4n) is 1.21. The van der Waals surface area contributed by atoms with E-state index in [0.29, 0.717) is 11.1 Å². The van der Waals surface area contributed by atoms with Crippen molar-refractivity contribution in [2.24, 2.45) is 5.73 Å². The number of hydrogen-bond acceptors (Lipinski definition) is 3. The molecule has 80 valence electrons. The van der Waals surface area contributed by atoms with Gasteiger partial charge in [-0.2, -0.15) is 0 Å². The van der Waals surface area contributed by atoms with E-state index in [1.165, 1.54) is 6.07 Å². The number of carbonyl (C=O) groups is 2. The first-order valence-corrected chi connectivity index (χ1v) is 4.29. The Morgan fingerprint density at radius 3 is 2.53 bits per heavy atom. The highest BCUT2D eigenvalue weighted by Gasteiger charge is 2.14. The van der Waals surface area contributed by atoms with Gasteiger partial charge < -0.3 is 15.9 Å². The van der Waals surface area contributed by atoms with Crippen molar-refractivity contribution < 1.29 is 19.8 Å². The molecule has 0 heterocycles. The van der Waals surface area contributed by atoms with Gasteiger partial charge in [0.05, 0.1) is 6.42 Å². The molecule has 4 N–H and O–H groups in total. The Morgan fingerprint density at radius 2 is 2.00 bits per heavy atom. The van der Waals surface area contributed by atoms with Crippen molar-refractivity contribution in [3.63, 3.8) is 0 Å². The van der Waals surface area contributed by atoms with Crippen molar-refractivity contribution in [2.75, 3.05) is 0 Å². The van der Waals surface area contributed by atoms with Crippen LogP contribution < -0.4 is 5.73 Å². The second-order valence-corrected chi connectivity index (χ2v) is 3.13. The Labute approximate surface area is 86.1 Å². The maximum atomic E-state index is 10.6. The molecule has 15 heavy (non-hydrogen) atoms. The average Bonchev–Trinajstić information content (AvgIpc) is 2.16. The fraction of sp³-hybridized carbons (Fsp3) is 0.200. The van der Waals surface area contributed by atoms with Crippen LogP contribution in [0.25, 0.3) is 0 Å². The summed E-state index contributed by atoms with van der Waals surface area (Å²) in [5.41, 5.74) is 6.33. The zero-order valence-corrected chi connectivity index (χ0v) is 7.88. The molecule has 0 aliphatic heterocycles. The maximum absolute atomic E-state index is 10.6. The molecule has 1 atom stereocenters. The largest absolute Gasteiger partial charge is 0.481 e. The summed E-state index contributed by atoms with van der Waals surface area (Å²) in [6.07, 6.45) is -0.139. The van der Waals surface area contributed by atoms with E-state index >= 15 is 0 Å². The topological polar surface area (TPSA) is 101 Å². The van der Waals surface area contributed by atoms with Crippen molar-refractivity contribution in [3.05, 3.63) is 35.4 Å². The van der Waals surface area contributed by atoms with Crippen LogP contribution in [0.15, 0.2) is 24.3 Å². The summed E-state index contributed by atoms with van der Waals surface area (Å²) in [4.78, 5) is 21.0. The molecule has 0 saturated heterocycles. The summed E-state index contributed by atoms with van der Waals surface area (Å²) in [6.45, 7) is 0. The molecule has 0 amide bonds. The molecule has 0 aliphatic carbocycles. The predicted octanol–water partition coefficient (Wildman–Crippen LogP) is 0.398. The number of aliphatic carboxylic acids is 2. The summed E-state index contributed by atoms with van der Waals surface area (Å²) in [6, 6.07) is 5.15. The number of hydrogen-bond donors (Lipinski definition) is 3. The summed E-state index contributed by atoms with van der Waals surface area (Å²) < 4.78 is 0. The molecule has 1 rings (SSSR count). The predicted molar refractivity (Wildman–Crippen MR) is 52.3 cm³/mol. The van der Waals surface area contributed by atoms with Gasteiger partial charge in [0.15, 0.2) is 0 Å². The second kappa shape index (κ2) is 4.56. The Balaban J connectivity index is 2.92. The molecule has 0 spiro atoms. The molecule has 0 aliphatic rings. The molecule has 5 nitrogen and oxygen atoms in total. The minimum atomic E-state index is -1.14. The highest BCUT2D eigenvalue weighted by Crippen LogP contribution is 2.13. The van der Waals surface area contributed by atoms with Crippen LogP contribution in [0.1, 0.15) is 17.2 Å². The summed E-state index contributed by atoms with van der Waals surface area (Å²) in [7, 11) is 0. The van der Waals surface area contributed by atoms with Crippen molar-refractivity contribution in [2.45, 2.75) is 12.5 Å². The zero-order valence-electron chi connectivity index (χ0n) is 7.88. The lowest BCUT2D eigenvalue weighted by atomic mass is 10.0. The van der Waals surface area contributed by atoms with Crippen LogP contribution in [0.2, 0.25) is 0 Å². The number of benzene rings is 1. The first-order chi connectivity index (χ1) is 7.00. The van der Waals surface area contributed by atoms with E-state index in [-0.39, 0.29) is 6.42 Å². The molecule has 0 saturated carbocycles. The van der Waals surface area contributed by atoms with Crippen molar-refractivity contribution >= 4 is 11.9 Å². The molecular weight excluding hydrogens is 198 g/mol. The molecular formula is C10H11NO4. The Hall–Kier alpha value is -1.88. The van der Waals surface area contributed by atoms with Crippen molar-refractivity contribution in [1.29, 1.82) is 0 Å². The number of carboxylic acids is 2. The quantitative estimate of drug-likeness (QED) is 0.666. The number of carboxylic acid groups (broad SMARTS) is 2. The van der Waals surface area contributed by atoms with E-state index in [4.69, 9.17) is 15.9 Å². The minimum absolute atomic E-state index is 0.139. The highest BCUT2D eigenvalue weighted by atomic mass is 16.4. The molecule has 1 aromatic carbocycles. The third kappa shape index (κ3) is 3.07. The van der Waals surface area contributed by atoms with Gasteiger partial charge in [0.2, 0.25) is 0 Å². The number of rotatable bonds is 4. The lowest BCUT2D eigenvalue weighted by Gasteiger charge is -2.07. The van der Waals surface area contributed by atoms with Crippen LogP contribution in [0, 0.1) is 0 Å². The van der Waals surface area contributed by atoms with Gasteiger partial charge in [-0.15, -0.1) is 0 Å². The first kappa shape index (κ1) is 11.2. The van der Waals surface area contributed by atoms with Crippen LogP contribution in [-0.4, -0.2) is 22.2 Å². The summed E-state index contributed by atoms with van der Waals surface area (Å²) in [5.74, 6) is -2.10. The third-order valence-electron chi connectivity index (χ3n) is 1.93. The van der Waals surface area contributed by atoms with E-state index in [0.717, 1.165) is 0 Å². The minimum Gasteiger partial charge on any atom is -0.481 e. The lowest BCUT2D eigenvalue weighted by molar-refractivity contribution is -0.138. The third-order valence-corrected chi connectivity index (χ3v) is 1.93. The van der Waals surface area contributed by atoms with Gasteiger partial charge in [0.25, 0.3) is 0 Å². The van der Waals surface area contributed by atoms with Crippen molar-refractivity contribution in [3.8, 4) is 0 Å². The van der Waals surface area contributed by atoms with E-state index < -0.39 is 18.0 Å². The molecule has 0 bridgehead atoms. The van der Waals surface area contributed by atoms with Crippen LogP contribution >= 0.6 is 0 Å². The van der Waals surface area contributed by atoms with Gasteiger partial charge in [-0.05, 0) is 11.1 Å². The SMILES string of the molecule is N[C@H](C(=O)O)c1cccc(CC(=O)O)c1. The van der Waals surface area contributed by atoms with Gasteiger partial charge in [-0.1, -0.05) is 24.3 Å². The van der Waals surface area contributed by atoms with Crippen molar-refractivity contribution in [1.82, 2.24) is 0 Å². The van der Waals surface area contributed by atoms with Gasteiger partial charge in [0.1, 0.15) is 6.04 Å². The monoisotopic (exact) mass is 209 g/mol. The zero-order chi connectivity index (χ0) is 11.4. The van der Waals surface area contributed by atoms with E-state index in [2.05, 4.69) is 0 Å². The van der Waals surface area contributed by atoms with Crippen LogP contribution in [0.3, 0.4) is 0 Å². The highest BCUT2D eigenvalue weighted by molar-refractivity contribution is 5.75. The molecule has 0 fully saturated rings. The number of nitrogens with two attached hydrogens (primary N) is 1.